The molecule has 1 amide bonds. The molecule has 142 valence electrons. The zero-order valence-electron chi connectivity index (χ0n) is 15.0. The number of nitro groups is 1. The van der Waals surface area contributed by atoms with Crippen LogP contribution in [-0.2, 0) is 4.79 Å². The third-order valence-electron chi connectivity index (χ3n) is 4.64. The Morgan fingerprint density at radius 1 is 1.11 bits per heavy atom. The number of piperazine rings is 1. The van der Waals surface area contributed by atoms with E-state index in [1.165, 1.54) is 18.2 Å². The summed E-state index contributed by atoms with van der Waals surface area (Å²) in [4.78, 5) is 31.5. The number of carbonyl (C=O) groups is 1. The van der Waals surface area contributed by atoms with Crippen molar-refractivity contribution in [3.8, 4) is 0 Å². The van der Waals surface area contributed by atoms with Crippen LogP contribution in [0.4, 0.5) is 10.8 Å². The van der Waals surface area contributed by atoms with Crippen LogP contribution in [0.1, 0.15) is 5.56 Å². The first-order valence-electron chi connectivity index (χ1n) is 8.92. The maximum absolute atomic E-state index is 12.4. The molecule has 7 nitrogen and oxygen atoms in total. The fourth-order valence-corrected chi connectivity index (χ4v) is 4.15. The van der Waals surface area contributed by atoms with E-state index in [4.69, 9.17) is 0 Å². The second-order valence-electron chi connectivity index (χ2n) is 6.46. The highest BCUT2D eigenvalue weighted by Crippen LogP contribution is 2.29. The number of aromatic nitrogens is 1. The van der Waals surface area contributed by atoms with Gasteiger partial charge >= 0.3 is 0 Å². The summed E-state index contributed by atoms with van der Waals surface area (Å²) in [5.41, 5.74) is 1.65. The summed E-state index contributed by atoms with van der Waals surface area (Å²) >= 11 is 1.67. The topological polar surface area (TPSA) is 79.6 Å². The molecule has 8 heteroatoms. The summed E-state index contributed by atoms with van der Waals surface area (Å²) in [5, 5.41) is 11.8. The zero-order chi connectivity index (χ0) is 19.5. The minimum Gasteiger partial charge on any atom is -0.345 e. The first-order valence-corrected chi connectivity index (χ1v) is 9.74. The van der Waals surface area contributed by atoms with Gasteiger partial charge in [0, 0.05) is 44.4 Å². The van der Waals surface area contributed by atoms with Crippen LogP contribution in [0.2, 0.25) is 0 Å². The maximum atomic E-state index is 12.4. The third kappa shape index (κ3) is 3.86. The van der Waals surface area contributed by atoms with E-state index in [9.17, 15) is 14.9 Å². The molecular weight excluding hydrogens is 376 g/mol. The molecule has 0 N–H and O–H groups in total. The van der Waals surface area contributed by atoms with Gasteiger partial charge in [0.2, 0.25) is 5.91 Å². The van der Waals surface area contributed by atoms with Crippen molar-refractivity contribution in [1.29, 1.82) is 0 Å². The summed E-state index contributed by atoms with van der Waals surface area (Å²) in [5.74, 6) is -0.0875. The van der Waals surface area contributed by atoms with Crippen LogP contribution in [0.3, 0.4) is 0 Å². The normalized spacial score (nSPS) is 14.7. The van der Waals surface area contributed by atoms with Gasteiger partial charge in [0.15, 0.2) is 5.13 Å². The number of amides is 1. The number of fused-ring (bicyclic) bond motifs is 1. The Kier molecular flexibility index (Phi) is 5.03. The van der Waals surface area contributed by atoms with Crippen molar-refractivity contribution >= 4 is 44.4 Å². The lowest BCUT2D eigenvalue weighted by Crippen LogP contribution is -2.48. The highest BCUT2D eigenvalue weighted by molar-refractivity contribution is 7.22. The zero-order valence-corrected chi connectivity index (χ0v) is 15.8. The van der Waals surface area contributed by atoms with E-state index in [1.807, 2.05) is 18.2 Å². The Labute approximate surface area is 165 Å². The number of non-ortho nitro benzene ring substituents is 1. The molecule has 2 aromatic carbocycles. The molecule has 2 heterocycles. The average Bonchev–Trinajstić information content (AvgIpc) is 3.16. The van der Waals surface area contributed by atoms with Gasteiger partial charge in [-0.1, -0.05) is 35.6 Å². The number of nitrogens with zero attached hydrogens (tertiary/aromatic N) is 4. The molecule has 0 atom stereocenters. The molecule has 0 radical (unpaired) electrons. The number of para-hydroxylation sites is 1. The molecule has 1 saturated heterocycles. The van der Waals surface area contributed by atoms with Crippen molar-refractivity contribution in [2.24, 2.45) is 0 Å². The Bertz CT molecular complexity index is 1020. The monoisotopic (exact) mass is 394 g/mol. The van der Waals surface area contributed by atoms with E-state index < -0.39 is 4.92 Å². The van der Waals surface area contributed by atoms with Gasteiger partial charge < -0.3 is 9.80 Å². The largest absolute Gasteiger partial charge is 0.345 e. The first kappa shape index (κ1) is 18.1. The van der Waals surface area contributed by atoms with E-state index in [2.05, 4.69) is 16.0 Å². The summed E-state index contributed by atoms with van der Waals surface area (Å²) in [6, 6.07) is 14.3. The van der Waals surface area contributed by atoms with Crippen LogP contribution in [-0.4, -0.2) is 46.9 Å². The Morgan fingerprint density at radius 2 is 1.89 bits per heavy atom. The Morgan fingerprint density at radius 3 is 2.64 bits per heavy atom. The lowest BCUT2D eigenvalue weighted by Gasteiger charge is -2.34. The van der Waals surface area contributed by atoms with Crippen molar-refractivity contribution in [3.63, 3.8) is 0 Å². The summed E-state index contributed by atoms with van der Waals surface area (Å²) in [7, 11) is 0. The molecule has 1 aliphatic heterocycles. The maximum Gasteiger partial charge on any atom is 0.270 e. The second kappa shape index (κ2) is 7.77. The highest BCUT2D eigenvalue weighted by atomic mass is 32.1. The SMILES string of the molecule is O=C(C=Cc1cccc([N+](=O)[O-])c1)N1CCN(c2nc3ccccc3s2)CC1. The van der Waals surface area contributed by atoms with Crippen LogP contribution < -0.4 is 4.90 Å². The number of rotatable bonds is 4. The van der Waals surface area contributed by atoms with Crippen molar-refractivity contribution in [2.45, 2.75) is 0 Å². The Hall–Kier alpha value is -3.26. The van der Waals surface area contributed by atoms with Gasteiger partial charge in [0.25, 0.3) is 5.69 Å². The Balaban J connectivity index is 1.37. The molecule has 4 rings (SSSR count). The van der Waals surface area contributed by atoms with Crippen molar-refractivity contribution in [2.75, 3.05) is 31.1 Å². The van der Waals surface area contributed by atoms with Gasteiger partial charge in [0.05, 0.1) is 15.1 Å². The average molecular weight is 394 g/mol. The van der Waals surface area contributed by atoms with E-state index in [-0.39, 0.29) is 11.6 Å². The molecule has 0 unspecified atom stereocenters. The van der Waals surface area contributed by atoms with E-state index in [0.717, 1.165) is 28.4 Å². The summed E-state index contributed by atoms with van der Waals surface area (Å²) in [6.45, 7) is 2.70. The molecule has 0 bridgehead atoms. The summed E-state index contributed by atoms with van der Waals surface area (Å²) < 4.78 is 1.16. The van der Waals surface area contributed by atoms with Crippen molar-refractivity contribution in [1.82, 2.24) is 9.88 Å². The number of benzene rings is 2. The van der Waals surface area contributed by atoms with Crippen LogP contribution in [0, 0.1) is 10.1 Å². The smallest absolute Gasteiger partial charge is 0.270 e. The van der Waals surface area contributed by atoms with Gasteiger partial charge in [-0.3, -0.25) is 14.9 Å². The van der Waals surface area contributed by atoms with Crippen LogP contribution in [0.5, 0.6) is 0 Å². The molecule has 1 fully saturated rings. The molecular formula is C20H18N4O3S. The quantitative estimate of drug-likeness (QED) is 0.384. The van der Waals surface area contributed by atoms with Crippen LogP contribution in [0.15, 0.2) is 54.6 Å². The standard InChI is InChI=1S/C20H18N4O3S/c25-19(9-8-15-4-3-5-16(14-15)24(26)27)22-10-12-23(13-11-22)20-21-17-6-1-2-7-18(17)28-20/h1-9,14H,10-13H2. The molecule has 1 aromatic heterocycles. The molecule has 0 saturated carbocycles. The summed E-state index contributed by atoms with van der Waals surface area (Å²) in [6.07, 6.45) is 3.10. The molecule has 1 aliphatic rings. The first-order chi connectivity index (χ1) is 13.6. The van der Waals surface area contributed by atoms with Gasteiger partial charge in [-0.2, -0.15) is 0 Å². The number of nitro benzene ring substituents is 1. The van der Waals surface area contributed by atoms with E-state index >= 15 is 0 Å². The predicted molar refractivity (Wildman–Crippen MR) is 111 cm³/mol. The number of hydrogen-bond donors (Lipinski definition) is 0. The van der Waals surface area contributed by atoms with E-state index in [1.54, 1.807) is 34.4 Å². The molecule has 0 aliphatic carbocycles. The minimum absolute atomic E-state index is 0.0130. The van der Waals surface area contributed by atoms with Crippen LogP contribution >= 0.6 is 11.3 Å². The minimum atomic E-state index is -0.444. The number of thiazole rings is 1. The number of hydrogen-bond acceptors (Lipinski definition) is 6. The third-order valence-corrected chi connectivity index (χ3v) is 5.74. The highest BCUT2D eigenvalue weighted by Gasteiger charge is 2.21. The number of anilines is 1. The van der Waals surface area contributed by atoms with Gasteiger partial charge in [-0.25, -0.2) is 4.98 Å². The molecule has 0 spiro atoms. The molecule has 3 aromatic rings. The van der Waals surface area contributed by atoms with E-state index in [0.29, 0.717) is 18.7 Å². The second-order valence-corrected chi connectivity index (χ2v) is 7.47. The lowest BCUT2D eigenvalue weighted by atomic mass is 10.2. The van der Waals surface area contributed by atoms with Crippen molar-refractivity contribution < 1.29 is 9.72 Å². The number of carbonyl (C=O) groups excluding carboxylic acids is 1. The fourth-order valence-electron chi connectivity index (χ4n) is 3.13. The van der Waals surface area contributed by atoms with Gasteiger partial charge in [0.1, 0.15) is 0 Å². The van der Waals surface area contributed by atoms with Crippen LogP contribution in [0.25, 0.3) is 16.3 Å². The predicted octanol–water partition coefficient (Wildman–Crippen LogP) is 3.57. The fraction of sp³-hybridized carbons (Fsp3) is 0.200. The van der Waals surface area contributed by atoms with Gasteiger partial charge in [-0.05, 0) is 23.8 Å². The lowest BCUT2D eigenvalue weighted by molar-refractivity contribution is -0.384. The van der Waals surface area contributed by atoms with Gasteiger partial charge in [-0.15, -0.1) is 0 Å². The molecule has 28 heavy (non-hydrogen) atoms. The van der Waals surface area contributed by atoms with Crippen molar-refractivity contribution in [3.05, 3.63) is 70.3 Å².